The van der Waals surface area contributed by atoms with Crippen molar-refractivity contribution >= 4 is 11.6 Å². The van der Waals surface area contributed by atoms with Crippen LogP contribution in [0.5, 0.6) is 5.75 Å². The fourth-order valence-electron chi connectivity index (χ4n) is 4.45. The highest BCUT2D eigenvalue weighted by Gasteiger charge is 2.44. The minimum Gasteiger partial charge on any atom is -0.406 e. The number of ether oxygens (including phenoxy) is 1. The summed E-state index contributed by atoms with van der Waals surface area (Å²) < 4.78 is 95.1. The van der Waals surface area contributed by atoms with Gasteiger partial charge in [0, 0.05) is 23.0 Å². The lowest BCUT2D eigenvalue weighted by Gasteiger charge is -2.30. The number of aromatic nitrogens is 1. The predicted octanol–water partition coefficient (Wildman–Crippen LogP) is 6.51. The van der Waals surface area contributed by atoms with E-state index in [1.807, 2.05) is 0 Å². The van der Waals surface area contributed by atoms with Crippen LogP contribution in [0.1, 0.15) is 43.1 Å². The van der Waals surface area contributed by atoms with Gasteiger partial charge in [-0.05, 0) is 62.2 Å². The van der Waals surface area contributed by atoms with Crippen LogP contribution < -0.4 is 15.0 Å². The zero-order valence-electron chi connectivity index (χ0n) is 20.1. The number of nitrogens with zero attached hydrogens (tertiary/aromatic N) is 2. The van der Waals surface area contributed by atoms with Crippen LogP contribution in [0.2, 0.25) is 0 Å². The smallest absolute Gasteiger partial charge is 0.406 e. The highest BCUT2D eigenvalue weighted by molar-refractivity contribution is 6.00. The van der Waals surface area contributed by atoms with Gasteiger partial charge in [-0.1, -0.05) is 24.3 Å². The van der Waals surface area contributed by atoms with Crippen LogP contribution in [0.25, 0.3) is 0 Å². The summed E-state index contributed by atoms with van der Waals surface area (Å²) in [5.74, 6) is -1.55. The molecule has 1 aliphatic rings. The van der Waals surface area contributed by atoms with Crippen molar-refractivity contribution in [2.24, 2.45) is 0 Å². The lowest BCUT2D eigenvalue weighted by Crippen LogP contribution is -2.47. The maximum atomic E-state index is 14.8. The van der Waals surface area contributed by atoms with Crippen LogP contribution >= 0.6 is 0 Å². The van der Waals surface area contributed by atoms with Crippen molar-refractivity contribution in [2.45, 2.75) is 50.4 Å². The molecule has 1 fully saturated rings. The summed E-state index contributed by atoms with van der Waals surface area (Å²) in [6.45, 7) is 3.32. The first-order valence-electron chi connectivity index (χ1n) is 11.4. The number of anilines is 1. The van der Waals surface area contributed by atoms with Gasteiger partial charge in [-0.3, -0.25) is 15.1 Å². The molecular formula is C26H22F7N3O2. The number of pyridine rings is 1. The van der Waals surface area contributed by atoms with Gasteiger partial charge in [0.15, 0.2) is 0 Å². The number of carbonyl (C=O) groups excluding carboxylic acids is 1. The first kappa shape index (κ1) is 27.4. The fraction of sp³-hybridized carbons (Fsp3) is 0.308. The van der Waals surface area contributed by atoms with Crippen molar-refractivity contribution in [2.75, 3.05) is 4.90 Å². The van der Waals surface area contributed by atoms with E-state index in [1.165, 1.54) is 41.3 Å². The Morgan fingerprint density at radius 3 is 2.16 bits per heavy atom. The van der Waals surface area contributed by atoms with Crippen LogP contribution in [0.15, 0.2) is 66.9 Å². The molecule has 0 spiro atoms. The quantitative estimate of drug-likeness (QED) is 0.362. The van der Waals surface area contributed by atoms with E-state index in [1.54, 1.807) is 19.9 Å². The van der Waals surface area contributed by atoms with Gasteiger partial charge in [0.05, 0.1) is 12.1 Å². The molecule has 38 heavy (non-hydrogen) atoms. The number of amides is 1. The van der Waals surface area contributed by atoms with E-state index in [4.69, 9.17) is 0 Å². The number of hydrogen-bond donors (Lipinski definition) is 1. The van der Waals surface area contributed by atoms with Crippen LogP contribution in [0.4, 0.5) is 36.4 Å². The molecule has 0 radical (unpaired) electrons. The molecule has 0 aliphatic carbocycles. The average Bonchev–Trinajstić information content (AvgIpc) is 3.13. The maximum absolute atomic E-state index is 14.8. The summed E-state index contributed by atoms with van der Waals surface area (Å²) in [7, 11) is 0. The third-order valence-electron chi connectivity index (χ3n) is 6.23. The third kappa shape index (κ3) is 5.90. The first-order chi connectivity index (χ1) is 17.7. The van der Waals surface area contributed by atoms with E-state index < -0.39 is 53.3 Å². The van der Waals surface area contributed by atoms with Crippen molar-refractivity contribution in [1.82, 2.24) is 10.3 Å². The number of benzene rings is 2. The second kappa shape index (κ2) is 9.90. The van der Waals surface area contributed by atoms with Gasteiger partial charge < -0.3 is 9.64 Å². The molecule has 1 aromatic heterocycles. The predicted molar refractivity (Wildman–Crippen MR) is 124 cm³/mol. The summed E-state index contributed by atoms with van der Waals surface area (Å²) in [5, 5.41) is 3.13. The Kier molecular flexibility index (Phi) is 7.13. The second-order valence-electron chi connectivity index (χ2n) is 9.27. The number of carbonyl (C=O) groups is 1. The van der Waals surface area contributed by atoms with E-state index in [0.29, 0.717) is 5.56 Å². The zero-order chi connectivity index (χ0) is 27.9. The van der Waals surface area contributed by atoms with Crippen molar-refractivity contribution in [3.05, 3.63) is 89.5 Å². The molecule has 5 nitrogen and oxygen atoms in total. The Morgan fingerprint density at radius 1 is 0.947 bits per heavy atom. The average molecular weight is 541 g/mol. The Balaban J connectivity index is 1.64. The normalized spacial score (nSPS) is 18.7. The molecule has 12 heteroatoms. The molecule has 1 N–H and O–H groups in total. The Bertz CT molecular complexity index is 1290. The molecule has 202 valence electrons. The third-order valence-corrected chi connectivity index (χ3v) is 6.23. The second-order valence-corrected chi connectivity index (χ2v) is 9.27. The molecular weight excluding hydrogens is 519 g/mol. The first-order valence-corrected chi connectivity index (χ1v) is 11.4. The maximum Gasteiger partial charge on any atom is 0.573 e. The highest BCUT2D eigenvalue weighted by atomic mass is 19.4. The Hall–Kier alpha value is -3.67. The van der Waals surface area contributed by atoms with E-state index in [-0.39, 0.29) is 17.7 Å². The molecule has 0 bridgehead atoms. The van der Waals surface area contributed by atoms with E-state index in [2.05, 4.69) is 15.0 Å². The number of nitrogens with one attached hydrogen (secondary N) is 1. The molecule has 0 unspecified atom stereocenters. The van der Waals surface area contributed by atoms with Gasteiger partial charge in [0.2, 0.25) is 5.91 Å². The Morgan fingerprint density at radius 2 is 1.61 bits per heavy atom. The standard InChI is InChI=1S/C26H22F7N3O2/c1-24(2,15-7-12-22(34-14-15)25(28,29)30)35-20-13-21(18-5-3-4-6-19(18)27)36(23(20)37)16-8-10-17(11-9-16)38-26(31,32)33/h3-12,14,20-21,35H,13H2,1-2H3/t20-,21-/m1/s1. The molecule has 2 heterocycles. The summed E-state index contributed by atoms with van der Waals surface area (Å²) in [6.07, 6.45) is -8.35. The minimum absolute atomic E-state index is 0.0814. The fourth-order valence-corrected chi connectivity index (χ4v) is 4.45. The summed E-state index contributed by atoms with van der Waals surface area (Å²) >= 11 is 0. The largest absolute Gasteiger partial charge is 0.573 e. The molecule has 3 aromatic rings. The van der Waals surface area contributed by atoms with Crippen LogP contribution in [-0.4, -0.2) is 23.3 Å². The topological polar surface area (TPSA) is 54.5 Å². The van der Waals surface area contributed by atoms with Crippen molar-refractivity contribution in [3.8, 4) is 5.75 Å². The Labute approximate surface area is 213 Å². The molecule has 0 saturated carbocycles. The minimum atomic E-state index is -4.89. The van der Waals surface area contributed by atoms with Crippen molar-refractivity contribution in [3.63, 3.8) is 0 Å². The van der Waals surface area contributed by atoms with Crippen molar-refractivity contribution < 1.29 is 40.3 Å². The van der Waals surface area contributed by atoms with E-state index in [0.717, 1.165) is 24.4 Å². The summed E-state index contributed by atoms with van der Waals surface area (Å²) in [4.78, 5) is 18.3. The highest BCUT2D eigenvalue weighted by Crippen LogP contribution is 2.40. The van der Waals surface area contributed by atoms with Crippen molar-refractivity contribution in [1.29, 1.82) is 0 Å². The van der Waals surface area contributed by atoms with Gasteiger partial charge >= 0.3 is 12.5 Å². The van der Waals surface area contributed by atoms with E-state index in [9.17, 15) is 35.5 Å². The summed E-state index contributed by atoms with van der Waals surface area (Å²) in [5.41, 5.74) is -1.27. The van der Waals surface area contributed by atoms with Gasteiger partial charge in [-0.25, -0.2) is 4.39 Å². The van der Waals surface area contributed by atoms with E-state index >= 15 is 0 Å². The van der Waals surface area contributed by atoms with Crippen LogP contribution in [0, 0.1) is 5.82 Å². The zero-order valence-corrected chi connectivity index (χ0v) is 20.1. The van der Waals surface area contributed by atoms with Crippen LogP contribution in [-0.2, 0) is 16.5 Å². The number of hydrogen-bond acceptors (Lipinski definition) is 4. The molecule has 2 atom stereocenters. The SMILES string of the molecule is CC(C)(N[C@@H]1C[C@H](c2ccccc2F)N(c2ccc(OC(F)(F)F)cc2)C1=O)c1ccc(C(F)(F)F)nc1. The van der Waals surface area contributed by atoms with Gasteiger partial charge in [-0.2, -0.15) is 13.2 Å². The number of halogens is 7. The molecule has 1 amide bonds. The number of alkyl halides is 6. The molecule has 1 saturated heterocycles. The van der Waals surface area contributed by atoms with Gasteiger partial charge in [-0.15, -0.1) is 13.2 Å². The van der Waals surface area contributed by atoms with Gasteiger partial charge in [0.25, 0.3) is 0 Å². The number of rotatable bonds is 6. The monoisotopic (exact) mass is 541 g/mol. The summed E-state index contributed by atoms with van der Waals surface area (Å²) in [6, 6.07) is 10.8. The molecule has 1 aliphatic heterocycles. The lowest BCUT2D eigenvalue weighted by atomic mass is 9.93. The van der Waals surface area contributed by atoms with Gasteiger partial charge in [0.1, 0.15) is 17.3 Å². The lowest BCUT2D eigenvalue weighted by molar-refractivity contribution is -0.274. The van der Waals surface area contributed by atoms with Crippen LogP contribution in [0.3, 0.4) is 0 Å². The molecule has 4 rings (SSSR count). The molecule has 2 aromatic carbocycles.